The number of benzene rings is 1. The minimum atomic E-state index is 0.458. The fraction of sp³-hybridized carbons (Fsp3) is 0.650. The maximum Gasteiger partial charge on any atom is 0.191 e. The van der Waals surface area contributed by atoms with Crippen LogP contribution < -0.4 is 10.6 Å². The van der Waals surface area contributed by atoms with Crippen LogP contribution in [0, 0.1) is 0 Å². The van der Waals surface area contributed by atoms with Crippen molar-refractivity contribution in [2.24, 2.45) is 4.99 Å². The van der Waals surface area contributed by atoms with E-state index in [1.54, 1.807) is 0 Å². The van der Waals surface area contributed by atoms with E-state index in [1.807, 2.05) is 7.05 Å². The van der Waals surface area contributed by atoms with E-state index in [0.717, 1.165) is 38.7 Å². The Hall–Kier alpha value is -1.59. The molecule has 0 saturated carbocycles. The molecule has 2 unspecified atom stereocenters. The Kier molecular flexibility index (Phi) is 8.22. The molecule has 1 aliphatic heterocycles. The van der Waals surface area contributed by atoms with Crippen molar-refractivity contribution < 1.29 is 0 Å². The smallest absolute Gasteiger partial charge is 0.191 e. The molecular formula is C20H35N5. The maximum atomic E-state index is 4.36. The van der Waals surface area contributed by atoms with Gasteiger partial charge in [0.05, 0.1) is 0 Å². The number of hydrogen-bond donors (Lipinski definition) is 2. The highest BCUT2D eigenvalue weighted by molar-refractivity contribution is 5.79. The first-order valence-electron chi connectivity index (χ1n) is 9.59. The van der Waals surface area contributed by atoms with Crippen LogP contribution in [-0.4, -0.2) is 74.7 Å². The molecule has 1 aromatic rings. The summed E-state index contributed by atoms with van der Waals surface area (Å²) in [6, 6.07) is 11.1. The lowest BCUT2D eigenvalue weighted by atomic mass is 10.0. The highest BCUT2D eigenvalue weighted by atomic mass is 15.3. The van der Waals surface area contributed by atoms with Crippen molar-refractivity contribution in [3.8, 4) is 0 Å². The van der Waals surface area contributed by atoms with Crippen LogP contribution in [0.4, 0.5) is 0 Å². The second-order valence-electron chi connectivity index (χ2n) is 6.96. The van der Waals surface area contributed by atoms with Crippen LogP contribution >= 0.6 is 0 Å². The van der Waals surface area contributed by atoms with E-state index in [9.17, 15) is 0 Å². The van der Waals surface area contributed by atoms with Gasteiger partial charge < -0.3 is 15.5 Å². The van der Waals surface area contributed by atoms with Crippen molar-refractivity contribution >= 4 is 5.96 Å². The summed E-state index contributed by atoms with van der Waals surface area (Å²) in [6.45, 7) is 14.4. The first kappa shape index (κ1) is 19.7. The van der Waals surface area contributed by atoms with Gasteiger partial charge in [0.25, 0.3) is 0 Å². The maximum absolute atomic E-state index is 4.36. The van der Waals surface area contributed by atoms with Crippen LogP contribution in [-0.2, 0) is 0 Å². The summed E-state index contributed by atoms with van der Waals surface area (Å²) < 4.78 is 0. The molecule has 5 heteroatoms. The van der Waals surface area contributed by atoms with Gasteiger partial charge in [-0.25, -0.2) is 0 Å². The molecule has 1 heterocycles. The van der Waals surface area contributed by atoms with Crippen LogP contribution in [0.15, 0.2) is 35.3 Å². The number of nitrogens with zero attached hydrogens (tertiary/aromatic N) is 3. The van der Waals surface area contributed by atoms with Crippen molar-refractivity contribution in [1.82, 2.24) is 20.4 Å². The number of rotatable bonds is 7. The van der Waals surface area contributed by atoms with Gasteiger partial charge in [0.2, 0.25) is 0 Å². The van der Waals surface area contributed by atoms with Gasteiger partial charge in [0.1, 0.15) is 0 Å². The molecule has 2 N–H and O–H groups in total. The molecule has 0 bridgehead atoms. The Labute approximate surface area is 153 Å². The Bertz CT molecular complexity index is 508. The second-order valence-corrected chi connectivity index (χ2v) is 6.96. The minimum Gasteiger partial charge on any atom is -0.356 e. The van der Waals surface area contributed by atoms with Gasteiger partial charge in [-0.2, -0.15) is 0 Å². The van der Waals surface area contributed by atoms with Gasteiger partial charge in [-0.1, -0.05) is 44.2 Å². The third-order valence-electron chi connectivity index (χ3n) is 5.21. The Morgan fingerprint density at radius 2 is 1.68 bits per heavy atom. The zero-order valence-corrected chi connectivity index (χ0v) is 16.3. The van der Waals surface area contributed by atoms with Crippen LogP contribution in [0.1, 0.15) is 32.3 Å². The van der Waals surface area contributed by atoms with Gasteiger partial charge in [0.15, 0.2) is 5.96 Å². The molecule has 1 saturated heterocycles. The Morgan fingerprint density at radius 1 is 1.04 bits per heavy atom. The van der Waals surface area contributed by atoms with Gasteiger partial charge in [0, 0.05) is 52.4 Å². The van der Waals surface area contributed by atoms with Gasteiger partial charge in [-0.3, -0.25) is 9.89 Å². The molecule has 0 aromatic heterocycles. The zero-order chi connectivity index (χ0) is 18.1. The van der Waals surface area contributed by atoms with E-state index in [4.69, 9.17) is 0 Å². The number of hydrogen-bond acceptors (Lipinski definition) is 3. The fourth-order valence-corrected chi connectivity index (χ4v) is 3.26. The number of piperazine rings is 1. The molecule has 0 radical (unpaired) electrons. The van der Waals surface area contributed by atoms with Gasteiger partial charge in [-0.15, -0.1) is 0 Å². The summed E-state index contributed by atoms with van der Waals surface area (Å²) in [4.78, 5) is 9.45. The van der Waals surface area contributed by atoms with Crippen molar-refractivity contribution in [2.75, 3.05) is 52.9 Å². The van der Waals surface area contributed by atoms with Crippen LogP contribution in [0.25, 0.3) is 0 Å². The van der Waals surface area contributed by atoms with Crippen molar-refractivity contribution in [2.45, 2.75) is 32.7 Å². The molecule has 140 valence electrons. The molecule has 1 aliphatic rings. The lowest BCUT2D eigenvalue weighted by Crippen LogP contribution is -2.53. The average molecular weight is 346 g/mol. The molecule has 0 spiro atoms. The van der Waals surface area contributed by atoms with Gasteiger partial charge in [-0.05, 0) is 24.9 Å². The highest BCUT2D eigenvalue weighted by Crippen LogP contribution is 2.12. The van der Waals surface area contributed by atoms with Crippen LogP contribution in [0.3, 0.4) is 0 Å². The summed E-state index contributed by atoms with van der Waals surface area (Å²) in [5.41, 5.74) is 1.35. The van der Waals surface area contributed by atoms with E-state index in [2.05, 4.69) is 76.5 Å². The van der Waals surface area contributed by atoms with Gasteiger partial charge >= 0.3 is 0 Å². The predicted octanol–water partition coefficient (Wildman–Crippen LogP) is 1.98. The largest absolute Gasteiger partial charge is 0.356 e. The van der Waals surface area contributed by atoms with Crippen LogP contribution in [0.2, 0.25) is 0 Å². The Morgan fingerprint density at radius 3 is 2.28 bits per heavy atom. The molecule has 5 nitrogen and oxygen atoms in total. The summed E-state index contributed by atoms with van der Waals surface area (Å²) in [5.74, 6) is 1.35. The average Bonchev–Trinajstić information content (AvgIpc) is 2.68. The molecule has 2 atom stereocenters. The minimum absolute atomic E-state index is 0.458. The normalized spacial score (nSPS) is 19.4. The SMILES string of the molecule is CCN1CCN(C(C)CNC(=NC)NCC(C)c2ccccc2)CC1. The van der Waals surface area contributed by atoms with E-state index in [1.165, 1.54) is 18.7 Å². The first-order valence-corrected chi connectivity index (χ1v) is 9.59. The van der Waals surface area contributed by atoms with E-state index < -0.39 is 0 Å². The predicted molar refractivity (Wildman–Crippen MR) is 107 cm³/mol. The number of guanidine groups is 1. The summed E-state index contributed by atoms with van der Waals surface area (Å²) in [7, 11) is 1.84. The molecule has 1 fully saturated rings. The quantitative estimate of drug-likeness (QED) is 0.586. The fourth-order valence-electron chi connectivity index (χ4n) is 3.26. The van der Waals surface area contributed by atoms with E-state index in [-0.39, 0.29) is 0 Å². The summed E-state index contributed by atoms with van der Waals surface area (Å²) >= 11 is 0. The van der Waals surface area contributed by atoms with Crippen molar-refractivity contribution in [1.29, 1.82) is 0 Å². The van der Waals surface area contributed by atoms with Crippen LogP contribution in [0.5, 0.6) is 0 Å². The molecule has 1 aromatic carbocycles. The standard InChI is InChI=1S/C20H35N5/c1-5-24-11-13-25(14-12-24)18(3)16-23-20(21-4)22-15-17(2)19-9-7-6-8-10-19/h6-10,17-18H,5,11-16H2,1-4H3,(H2,21,22,23). The number of likely N-dealkylation sites (N-methyl/N-ethyl adjacent to an activating group) is 1. The molecule has 0 aliphatic carbocycles. The van der Waals surface area contributed by atoms with E-state index >= 15 is 0 Å². The molecular weight excluding hydrogens is 310 g/mol. The summed E-state index contributed by atoms with van der Waals surface area (Å²) in [6.07, 6.45) is 0. The van der Waals surface area contributed by atoms with Crippen molar-refractivity contribution in [3.63, 3.8) is 0 Å². The lowest BCUT2D eigenvalue weighted by molar-refractivity contribution is 0.107. The number of nitrogens with one attached hydrogen (secondary N) is 2. The van der Waals surface area contributed by atoms with E-state index in [0.29, 0.717) is 12.0 Å². The second kappa shape index (κ2) is 10.4. The lowest BCUT2D eigenvalue weighted by Gasteiger charge is -2.37. The summed E-state index contributed by atoms with van der Waals surface area (Å²) in [5, 5.41) is 6.94. The molecule has 0 amide bonds. The third-order valence-corrected chi connectivity index (χ3v) is 5.21. The third kappa shape index (κ3) is 6.33. The monoisotopic (exact) mass is 345 g/mol. The van der Waals surface area contributed by atoms with Crippen molar-refractivity contribution in [3.05, 3.63) is 35.9 Å². The highest BCUT2D eigenvalue weighted by Gasteiger charge is 2.20. The number of aliphatic imine (C=N–C) groups is 1. The molecule has 25 heavy (non-hydrogen) atoms. The Balaban J connectivity index is 1.71. The molecule has 2 rings (SSSR count). The topological polar surface area (TPSA) is 42.9 Å². The first-order chi connectivity index (χ1) is 12.1. The zero-order valence-electron chi connectivity index (χ0n) is 16.3.